The standard InChI is InChI=1S/C22H23N5O4/c1-12-17(20(23)28)18(15-6-5-7-16(30-3)19(15)31-4)27-22(24-12)25-21(26-27)13-8-10-14(29-2)11-9-13/h5-11,18H,1-4H3,(H2,23,28)(H,24,25,26)/t18-/m0/s1. The molecule has 3 aromatic rings. The van der Waals surface area contributed by atoms with Gasteiger partial charge in [-0.1, -0.05) is 12.1 Å². The number of rotatable bonds is 6. The van der Waals surface area contributed by atoms with Crippen molar-refractivity contribution >= 4 is 11.9 Å². The second-order valence-corrected chi connectivity index (χ2v) is 6.95. The molecule has 1 atom stereocenters. The number of allylic oxidation sites excluding steroid dienone is 1. The van der Waals surface area contributed by atoms with Crippen LogP contribution in [0.1, 0.15) is 18.5 Å². The number of aromatic nitrogens is 3. The van der Waals surface area contributed by atoms with Crippen LogP contribution in [-0.2, 0) is 4.79 Å². The third-order valence-electron chi connectivity index (χ3n) is 5.19. The normalized spacial score (nSPS) is 15.2. The summed E-state index contributed by atoms with van der Waals surface area (Å²) in [5, 5.41) is 7.84. The fourth-order valence-corrected chi connectivity index (χ4v) is 3.75. The van der Waals surface area contributed by atoms with Crippen LogP contribution in [0.3, 0.4) is 0 Å². The minimum absolute atomic E-state index is 0.366. The number of nitrogens with two attached hydrogens (primary N) is 1. The highest BCUT2D eigenvalue weighted by Gasteiger charge is 2.35. The maximum absolute atomic E-state index is 12.4. The second-order valence-electron chi connectivity index (χ2n) is 6.95. The van der Waals surface area contributed by atoms with Crippen LogP contribution < -0.4 is 25.3 Å². The smallest absolute Gasteiger partial charge is 0.248 e. The number of amides is 1. The van der Waals surface area contributed by atoms with Crippen LogP contribution in [0, 0.1) is 0 Å². The van der Waals surface area contributed by atoms with Crippen molar-refractivity contribution in [3.63, 3.8) is 0 Å². The Labute approximate surface area is 179 Å². The van der Waals surface area contributed by atoms with E-state index in [0.29, 0.717) is 40.1 Å². The van der Waals surface area contributed by atoms with Gasteiger partial charge in [-0.15, -0.1) is 5.10 Å². The Bertz CT molecular complexity index is 1170. The summed E-state index contributed by atoms with van der Waals surface area (Å²) in [7, 11) is 4.72. The van der Waals surface area contributed by atoms with Crippen molar-refractivity contribution in [3.05, 3.63) is 59.3 Å². The van der Waals surface area contributed by atoms with Gasteiger partial charge in [0.25, 0.3) is 0 Å². The fraction of sp³-hybridized carbons (Fsp3) is 0.227. The molecule has 0 saturated carbocycles. The van der Waals surface area contributed by atoms with E-state index in [4.69, 9.17) is 25.0 Å². The van der Waals surface area contributed by atoms with Gasteiger partial charge in [0.05, 0.1) is 26.9 Å². The molecule has 0 radical (unpaired) electrons. The molecule has 3 N–H and O–H groups in total. The SMILES string of the molecule is COc1ccc(-c2nc3n(n2)[C@@H](c2cccc(OC)c2OC)C(C(N)=O)=C(C)N3)cc1. The highest BCUT2D eigenvalue weighted by molar-refractivity contribution is 5.95. The number of anilines is 1. The number of nitrogens with zero attached hydrogens (tertiary/aromatic N) is 3. The molecule has 1 aromatic heterocycles. The van der Waals surface area contributed by atoms with Crippen molar-refractivity contribution in [3.8, 4) is 28.6 Å². The van der Waals surface area contributed by atoms with E-state index in [1.165, 1.54) is 0 Å². The van der Waals surface area contributed by atoms with Crippen LogP contribution in [0.15, 0.2) is 53.7 Å². The van der Waals surface area contributed by atoms with E-state index in [1.54, 1.807) is 39.0 Å². The van der Waals surface area contributed by atoms with E-state index >= 15 is 0 Å². The summed E-state index contributed by atoms with van der Waals surface area (Å²) >= 11 is 0. The van der Waals surface area contributed by atoms with Crippen molar-refractivity contribution in [2.45, 2.75) is 13.0 Å². The summed E-state index contributed by atoms with van der Waals surface area (Å²) in [6.45, 7) is 1.78. The fourth-order valence-electron chi connectivity index (χ4n) is 3.75. The molecule has 2 aromatic carbocycles. The van der Waals surface area contributed by atoms with Gasteiger partial charge in [0, 0.05) is 16.8 Å². The predicted molar refractivity (Wildman–Crippen MR) is 115 cm³/mol. The molecule has 0 spiro atoms. The molecule has 0 unspecified atom stereocenters. The number of para-hydroxylation sites is 1. The zero-order valence-electron chi connectivity index (χ0n) is 17.7. The first-order valence-corrected chi connectivity index (χ1v) is 9.58. The molecule has 0 fully saturated rings. The second kappa shape index (κ2) is 8.02. The Morgan fingerprint density at radius 3 is 2.42 bits per heavy atom. The number of fused-ring (bicyclic) bond motifs is 1. The van der Waals surface area contributed by atoms with Crippen LogP contribution in [0.5, 0.6) is 17.2 Å². The minimum atomic E-state index is -0.640. The first-order valence-electron chi connectivity index (χ1n) is 9.58. The van der Waals surface area contributed by atoms with Gasteiger partial charge in [-0.25, -0.2) is 4.68 Å². The first kappa shape index (κ1) is 20.3. The van der Waals surface area contributed by atoms with Gasteiger partial charge in [0.15, 0.2) is 17.3 Å². The third kappa shape index (κ3) is 3.43. The van der Waals surface area contributed by atoms with E-state index in [9.17, 15) is 4.79 Å². The van der Waals surface area contributed by atoms with Crippen molar-refractivity contribution in [2.75, 3.05) is 26.6 Å². The zero-order chi connectivity index (χ0) is 22.1. The van der Waals surface area contributed by atoms with Crippen LogP contribution in [-0.4, -0.2) is 42.0 Å². The summed E-state index contributed by atoms with van der Waals surface area (Å²) in [6.07, 6.45) is 0. The van der Waals surface area contributed by atoms with Crippen LogP contribution in [0.2, 0.25) is 0 Å². The Hall–Kier alpha value is -4.01. The van der Waals surface area contributed by atoms with E-state index < -0.39 is 11.9 Å². The minimum Gasteiger partial charge on any atom is -0.497 e. The molecule has 0 aliphatic carbocycles. The van der Waals surface area contributed by atoms with Gasteiger partial charge in [-0.3, -0.25) is 4.79 Å². The van der Waals surface area contributed by atoms with E-state index in [-0.39, 0.29) is 0 Å². The maximum Gasteiger partial charge on any atom is 0.248 e. The third-order valence-corrected chi connectivity index (χ3v) is 5.19. The van der Waals surface area contributed by atoms with E-state index in [2.05, 4.69) is 10.3 Å². The molecular formula is C22H23N5O4. The van der Waals surface area contributed by atoms with Gasteiger partial charge < -0.3 is 25.3 Å². The van der Waals surface area contributed by atoms with Gasteiger partial charge >= 0.3 is 0 Å². The lowest BCUT2D eigenvalue weighted by Gasteiger charge is -2.29. The number of ether oxygens (including phenoxy) is 3. The topological polar surface area (TPSA) is 114 Å². The lowest BCUT2D eigenvalue weighted by atomic mass is 9.94. The molecule has 1 aliphatic heterocycles. The molecule has 0 bridgehead atoms. The monoisotopic (exact) mass is 421 g/mol. The molecule has 160 valence electrons. The molecular weight excluding hydrogens is 398 g/mol. The van der Waals surface area contributed by atoms with E-state index in [1.807, 2.05) is 36.4 Å². The summed E-state index contributed by atoms with van der Waals surface area (Å²) in [5.74, 6) is 2.19. The van der Waals surface area contributed by atoms with Crippen molar-refractivity contribution < 1.29 is 19.0 Å². The average Bonchev–Trinajstić information content (AvgIpc) is 3.20. The number of methoxy groups -OCH3 is 3. The van der Waals surface area contributed by atoms with Crippen LogP contribution in [0.25, 0.3) is 11.4 Å². The molecule has 4 rings (SSSR count). The summed E-state index contributed by atoms with van der Waals surface area (Å²) in [6, 6.07) is 12.2. The highest BCUT2D eigenvalue weighted by atomic mass is 16.5. The number of primary amides is 1. The quantitative estimate of drug-likeness (QED) is 0.629. The summed E-state index contributed by atoms with van der Waals surface area (Å²) in [5.41, 5.74) is 8.23. The Balaban J connectivity index is 1.90. The molecule has 1 amide bonds. The van der Waals surface area contributed by atoms with Crippen molar-refractivity contribution in [1.29, 1.82) is 0 Å². The Morgan fingerprint density at radius 2 is 1.81 bits per heavy atom. The number of carbonyl (C=O) groups excluding carboxylic acids is 1. The summed E-state index contributed by atoms with van der Waals surface area (Å²) in [4.78, 5) is 17.1. The van der Waals surface area contributed by atoms with Crippen molar-refractivity contribution in [1.82, 2.24) is 14.8 Å². The lowest BCUT2D eigenvalue weighted by molar-refractivity contribution is -0.115. The van der Waals surface area contributed by atoms with Gasteiger partial charge in [0.2, 0.25) is 11.9 Å². The van der Waals surface area contributed by atoms with E-state index in [0.717, 1.165) is 11.3 Å². The average molecular weight is 421 g/mol. The van der Waals surface area contributed by atoms with Gasteiger partial charge in [-0.2, -0.15) is 4.98 Å². The van der Waals surface area contributed by atoms with Crippen LogP contribution in [0.4, 0.5) is 5.95 Å². The maximum atomic E-state index is 12.4. The molecule has 9 nitrogen and oxygen atoms in total. The van der Waals surface area contributed by atoms with Crippen molar-refractivity contribution in [2.24, 2.45) is 5.73 Å². The number of carbonyl (C=O) groups is 1. The molecule has 2 heterocycles. The summed E-state index contributed by atoms with van der Waals surface area (Å²) < 4.78 is 17.9. The highest BCUT2D eigenvalue weighted by Crippen LogP contribution is 2.43. The number of hydrogen-bond donors (Lipinski definition) is 2. The van der Waals surface area contributed by atoms with Gasteiger partial charge in [0.1, 0.15) is 11.8 Å². The predicted octanol–water partition coefficient (Wildman–Crippen LogP) is 2.75. The Kier molecular flexibility index (Phi) is 5.24. The number of nitrogens with one attached hydrogen (secondary N) is 1. The molecule has 1 aliphatic rings. The largest absolute Gasteiger partial charge is 0.497 e. The number of benzene rings is 2. The van der Waals surface area contributed by atoms with Crippen LogP contribution >= 0.6 is 0 Å². The molecule has 0 saturated heterocycles. The van der Waals surface area contributed by atoms with Gasteiger partial charge in [-0.05, 0) is 37.3 Å². The lowest BCUT2D eigenvalue weighted by Crippen LogP contribution is -2.32. The first-order chi connectivity index (χ1) is 15.0. The zero-order valence-corrected chi connectivity index (χ0v) is 17.7. The Morgan fingerprint density at radius 1 is 1.06 bits per heavy atom. The number of hydrogen-bond acceptors (Lipinski definition) is 7. The molecule has 9 heteroatoms. The molecule has 31 heavy (non-hydrogen) atoms.